The topological polar surface area (TPSA) is 48.9 Å². The summed E-state index contributed by atoms with van der Waals surface area (Å²) in [5.74, 6) is 3.44. The zero-order valence-electron chi connectivity index (χ0n) is 12.1. The van der Waals surface area contributed by atoms with E-state index in [0.29, 0.717) is 46.9 Å². The van der Waals surface area contributed by atoms with Gasteiger partial charge in [-0.25, -0.2) is 23.5 Å². The van der Waals surface area contributed by atoms with Gasteiger partial charge in [-0.15, -0.1) is 0 Å². The normalized spacial score (nSPS) is 50.1. The number of benzene rings is 1. The molecule has 4 aliphatic carbocycles. The maximum Gasteiger partial charge on any atom is 0.352 e. The first kappa shape index (κ1) is 10.6. The van der Waals surface area contributed by atoms with Crippen LogP contribution in [0.1, 0.15) is 19.0 Å². The van der Waals surface area contributed by atoms with Crippen LogP contribution in [0.15, 0.2) is 39.9 Å². The van der Waals surface area contributed by atoms with E-state index in [0.717, 1.165) is 5.92 Å². The summed E-state index contributed by atoms with van der Waals surface area (Å²) in [5.41, 5.74) is 0.856. The fourth-order valence-electron chi connectivity index (χ4n) is 7.20. The van der Waals surface area contributed by atoms with Crippen molar-refractivity contribution in [1.29, 1.82) is 0 Å². The van der Waals surface area contributed by atoms with Gasteiger partial charge in [0.25, 0.3) is 0 Å². The van der Waals surface area contributed by atoms with Crippen LogP contribution in [-0.4, -0.2) is 13.9 Å². The van der Waals surface area contributed by atoms with Gasteiger partial charge in [-0.2, -0.15) is 0 Å². The van der Waals surface area contributed by atoms with Gasteiger partial charge in [0.15, 0.2) is 0 Å². The summed E-state index contributed by atoms with van der Waals surface area (Å²) in [6.45, 7) is 2.40. The van der Waals surface area contributed by atoms with Crippen molar-refractivity contribution in [3.8, 4) is 5.69 Å². The molecule has 4 fully saturated rings. The first-order valence-electron chi connectivity index (χ1n) is 8.19. The Morgan fingerprint density at radius 1 is 0.864 bits per heavy atom. The number of nitrogens with zero attached hydrogens (tertiary/aromatic N) is 3. The number of hydrogen-bond donors (Lipinski definition) is 0. The van der Waals surface area contributed by atoms with Crippen molar-refractivity contribution in [3.63, 3.8) is 0 Å². The molecule has 0 spiro atoms. The first-order chi connectivity index (χ1) is 10.7. The predicted molar refractivity (Wildman–Crippen MR) is 77.9 cm³/mol. The minimum atomic E-state index is -0.134. The fourth-order valence-corrected chi connectivity index (χ4v) is 7.20. The van der Waals surface area contributed by atoms with Crippen molar-refractivity contribution >= 4 is 0 Å². The predicted octanol–water partition coefficient (Wildman–Crippen LogP) is 1.04. The molecule has 2 aliphatic heterocycles. The van der Waals surface area contributed by atoms with Gasteiger partial charge < -0.3 is 0 Å². The Kier molecular flexibility index (Phi) is 1.29. The molecule has 1 aromatic carbocycles. The lowest BCUT2D eigenvalue weighted by atomic mass is 9.89. The lowest BCUT2D eigenvalue weighted by molar-refractivity contribution is 0.112. The van der Waals surface area contributed by atoms with Gasteiger partial charge in [0.1, 0.15) is 0 Å². The van der Waals surface area contributed by atoms with Crippen molar-refractivity contribution in [1.82, 2.24) is 13.9 Å². The van der Waals surface area contributed by atoms with E-state index in [9.17, 15) is 9.59 Å². The average molecular weight is 293 g/mol. The third-order valence-electron chi connectivity index (χ3n) is 7.68. The molecule has 3 heterocycles. The highest BCUT2D eigenvalue weighted by Crippen LogP contribution is 2.97. The van der Waals surface area contributed by atoms with Crippen LogP contribution in [0, 0.1) is 35.0 Å². The van der Waals surface area contributed by atoms with Gasteiger partial charge in [0, 0.05) is 0 Å². The van der Waals surface area contributed by atoms with Gasteiger partial charge in [0.2, 0.25) is 0 Å². The molecule has 5 heteroatoms. The van der Waals surface area contributed by atoms with Crippen molar-refractivity contribution in [2.75, 3.05) is 0 Å². The van der Waals surface area contributed by atoms with Crippen molar-refractivity contribution < 1.29 is 0 Å². The Morgan fingerprint density at radius 2 is 1.41 bits per heavy atom. The molecule has 22 heavy (non-hydrogen) atoms. The van der Waals surface area contributed by atoms with E-state index in [-0.39, 0.29) is 11.4 Å². The van der Waals surface area contributed by atoms with Gasteiger partial charge in [0.05, 0.1) is 17.8 Å². The summed E-state index contributed by atoms with van der Waals surface area (Å²) in [5, 5.41) is 0. The number of rotatable bonds is 1. The van der Waals surface area contributed by atoms with Crippen molar-refractivity contribution in [2.24, 2.45) is 35.0 Å². The van der Waals surface area contributed by atoms with Crippen LogP contribution in [0.3, 0.4) is 0 Å². The van der Waals surface area contributed by atoms with Gasteiger partial charge in [-0.3, -0.25) is 0 Å². The highest BCUT2D eigenvalue weighted by Gasteiger charge is 2.95. The molecule has 5 nitrogen and oxygen atoms in total. The Balaban J connectivity index is 1.57. The van der Waals surface area contributed by atoms with Gasteiger partial charge >= 0.3 is 11.4 Å². The van der Waals surface area contributed by atoms with E-state index in [1.54, 1.807) is 0 Å². The van der Waals surface area contributed by atoms with E-state index >= 15 is 0 Å². The Morgan fingerprint density at radius 3 is 1.86 bits per heavy atom. The molecular formula is C17H15N3O2. The van der Waals surface area contributed by atoms with E-state index in [1.807, 2.05) is 39.7 Å². The largest absolute Gasteiger partial charge is 0.352 e. The van der Waals surface area contributed by atoms with Crippen LogP contribution in [0.5, 0.6) is 0 Å². The third-order valence-corrected chi connectivity index (χ3v) is 7.68. The van der Waals surface area contributed by atoms with Crippen LogP contribution in [-0.2, 0) is 0 Å². The maximum atomic E-state index is 13.0. The number of para-hydroxylation sites is 1. The molecule has 6 aliphatic rings. The van der Waals surface area contributed by atoms with Crippen LogP contribution in [0.25, 0.3) is 5.69 Å². The SMILES string of the molecule is CC12C3C4C3C3C1C2C4n1c(=O)n(-c2ccccc2)c(=O)n13. The standard InChI is InChI=1S/C17H15N3O2/c1-17-10-8-9(10)14-12(17)11(17)13(8)19-15(21)18(16(22)20(14)19)7-5-3-2-4-6-7/h2-6,8-14H,1H3. The molecule has 6 unspecified atom stereocenters. The summed E-state index contributed by atoms with van der Waals surface area (Å²) in [6.07, 6.45) is 0. The molecule has 0 saturated heterocycles. The highest BCUT2D eigenvalue weighted by molar-refractivity contribution is 5.43. The summed E-state index contributed by atoms with van der Waals surface area (Å²) in [7, 11) is 0. The van der Waals surface area contributed by atoms with Gasteiger partial charge in [-0.05, 0) is 47.1 Å². The lowest BCUT2D eigenvalue weighted by Crippen LogP contribution is -2.45. The van der Waals surface area contributed by atoms with Crippen LogP contribution in [0.2, 0.25) is 0 Å². The molecule has 2 aromatic rings. The zero-order valence-corrected chi connectivity index (χ0v) is 12.1. The van der Waals surface area contributed by atoms with E-state index in [4.69, 9.17) is 0 Å². The quantitative estimate of drug-likeness (QED) is 0.789. The molecule has 8 rings (SSSR count). The van der Waals surface area contributed by atoms with E-state index in [2.05, 4.69) is 6.92 Å². The molecule has 4 saturated carbocycles. The first-order valence-corrected chi connectivity index (χ1v) is 8.19. The highest BCUT2D eigenvalue weighted by atomic mass is 16.2. The molecule has 6 atom stereocenters. The second-order valence-electron chi connectivity index (χ2n) is 8.00. The molecular weight excluding hydrogens is 278 g/mol. The summed E-state index contributed by atoms with van der Waals surface area (Å²) in [4.78, 5) is 25.9. The Hall–Kier alpha value is -2.04. The van der Waals surface area contributed by atoms with Crippen LogP contribution >= 0.6 is 0 Å². The monoisotopic (exact) mass is 293 g/mol. The Labute approximate surface area is 125 Å². The number of hydrogen-bond acceptors (Lipinski definition) is 2. The third kappa shape index (κ3) is 0.733. The Bertz CT molecular complexity index is 942. The molecule has 110 valence electrons. The smallest absolute Gasteiger partial charge is 0.245 e. The molecule has 0 N–H and O–H groups in total. The second kappa shape index (κ2) is 2.66. The average Bonchev–Trinajstić information content (AvgIpc) is 3.34. The molecule has 0 amide bonds. The molecule has 0 radical (unpaired) electrons. The summed E-state index contributed by atoms with van der Waals surface area (Å²) in [6, 6.07) is 9.91. The van der Waals surface area contributed by atoms with E-state index < -0.39 is 0 Å². The van der Waals surface area contributed by atoms with Crippen LogP contribution in [0.4, 0.5) is 0 Å². The van der Waals surface area contributed by atoms with Crippen molar-refractivity contribution in [2.45, 2.75) is 19.0 Å². The van der Waals surface area contributed by atoms with Crippen LogP contribution < -0.4 is 11.4 Å². The lowest BCUT2D eigenvalue weighted by Gasteiger charge is -2.36. The minimum Gasteiger partial charge on any atom is -0.245 e. The summed E-state index contributed by atoms with van der Waals surface area (Å²) < 4.78 is 5.04. The van der Waals surface area contributed by atoms with E-state index in [1.165, 1.54) is 4.57 Å². The van der Waals surface area contributed by atoms with Gasteiger partial charge in [-0.1, -0.05) is 25.1 Å². The minimum absolute atomic E-state index is 0.134. The maximum absolute atomic E-state index is 13.0. The second-order valence-corrected chi connectivity index (χ2v) is 8.00. The summed E-state index contributed by atoms with van der Waals surface area (Å²) >= 11 is 0. The zero-order chi connectivity index (χ0) is 14.5. The number of aromatic nitrogens is 3. The fraction of sp³-hybridized carbons (Fsp3) is 0.529. The molecule has 1 aromatic heterocycles. The molecule has 2 bridgehead atoms. The van der Waals surface area contributed by atoms with Crippen molar-refractivity contribution in [3.05, 3.63) is 51.3 Å².